The third-order valence-corrected chi connectivity index (χ3v) is 7.15. The Morgan fingerprint density at radius 3 is 2.65 bits per heavy atom. The molecule has 0 bridgehead atoms. The zero-order valence-corrected chi connectivity index (χ0v) is 19.5. The van der Waals surface area contributed by atoms with E-state index in [1.807, 2.05) is 79.0 Å². The number of para-hydroxylation sites is 1. The molecule has 1 aliphatic heterocycles. The number of halogens is 1. The second-order valence-electron chi connectivity index (χ2n) is 8.11. The fraction of sp³-hybridized carbons (Fsp3) is 0.115. The predicted octanol–water partition coefficient (Wildman–Crippen LogP) is 6.19. The lowest BCUT2D eigenvalue weighted by Crippen LogP contribution is -2.24. The molecule has 5 aromatic rings. The minimum absolute atomic E-state index is 0.0385. The third-order valence-electron chi connectivity index (χ3n) is 5.89. The van der Waals surface area contributed by atoms with Crippen molar-refractivity contribution < 1.29 is 9.53 Å². The normalized spacial score (nSPS) is 15.2. The van der Waals surface area contributed by atoms with Crippen LogP contribution in [0.15, 0.2) is 79.0 Å². The number of rotatable bonds is 5. The molecule has 0 spiro atoms. The zero-order valence-electron chi connectivity index (χ0n) is 17.9. The fourth-order valence-electron chi connectivity index (χ4n) is 4.16. The van der Waals surface area contributed by atoms with E-state index in [-0.39, 0.29) is 11.8 Å². The van der Waals surface area contributed by atoms with Crippen LogP contribution >= 0.6 is 22.9 Å². The van der Waals surface area contributed by atoms with Crippen molar-refractivity contribution in [2.45, 2.75) is 18.9 Å². The van der Waals surface area contributed by atoms with Gasteiger partial charge in [0.15, 0.2) is 0 Å². The van der Waals surface area contributed by atoms with E-state index >= 15 is 0 Å². The van der Waals surface area contributed by atoms with Gasteiger partial charge in [-0.25, -0.2) is 4.98 Å². The Labute approximate surface area is 204 Å². The number of aromatic nitrogens is 3. The number of hydrogen-bond acceptors (Lipinski definition) is 5. The van der Waals surface area contributed by atoms with Gasteiger partial charge in [0.25, 0.3) is 0 Å². The number of anilines is 1. The maximum Gasteiger partial charge on any atom is 0.226 e. The summed E-state index contributed by atoms with van der Waals surface area (Å²) in [5.41, 5.74) is 3.98. The highest BCUT2D eigenvalue weighted by Gasteiger charge is 2.31. The maximum atomic E-state index is 12.6. The van der Waals surface area contributed by atoms with Crippen molar-refractivity contribution in [3.63, 3.8) is 0 Å². The number of thiazole rings is 1. The van der Waals surface area contributed by atoms with Crippen LogP contribution in [0.4, 0.5) is 5.82 Å². The van der Waals surface area contributed by atoms with E-state index in [9.17, 15) is 4.79 Å². The first kappa shape index (κ1) is 20.9. The molecule has 0 saturated heterocycles. The van der Waals surface area contributed by atoms with Gasteiger partial charge in [-0.3, -0.25) is 4.79 Å². The molecule has 1 aliphatic rings. The lowest BCUT2D eigenvalue weighted by Gasteiger charge is -2.23. The van der Waals surface area contributed by atoms with Crippen molar-refractivity contribution in [2.24, 2.45) is 0 Å². The number of ether oxygens (including phenoxy) is 1. The van der Waals surface area contributed by atoms with E-state index in [4.69, 9.17) is 21.3 Å². The Hall–Kier alpha value is -3.68. The minimum Gasteiger partial charge on any atom is -0.489 e. The van der Waals surface area contributed by atoms with Crippen molar-refractivity contribution in [1.29, 1.82) is 0 Å². The van der Waals surface area contributed by atoms with E-state index in [2.05, 4.69) is 10.4 Å². The largest absolute Gasteiger partial charge is 0.489 e. The molecule has 6 rings (SSSR count). The van der Waals surface area contributed by atoms with Crippen LogP contribution in [-0.2, 0) is 11.4 Å². The molecule has 3 heterocycles. The van der Waals surface area contributed by atoms with Crippen LogP contribution in [-0.4, -0.2) is 20.7 Å². The van der Waals surface area contributed by atoms with E-state index < -0.39 is 0 Å². The minimum atomic E-state index is -0.0859. The quantitative estimate of drug-likeness (QED) is 0.321. The summed E-state index contributed by atoms with van der Waals surface area (Å²) >= 11 is 7.49. The van der Waals surface area contributed by atoms with E-state index in [0.717, 1.165) is 37.8 Å². The molecule has 0 radical (unpaired) electrons. The third kappa shape index (κ3) is 3.93. The summed E-state index contributed by atoms with van der Waals surface area (Å²) in [7, 11) is 0. The molecule has 34 heavy (non-hydrogen) atoms. The molecule has 0 fully saturated rings. The van der Waals surface area contributed by atoms with Gasteiger partial charge in [-0.15, -0.1) is 0 Å². The van der Waals surface area contributed by atoms with Crippen LogP contribution < -0.4 is 10.1 Å². The average Bonchev–Trinajstić information content (AvgIpc) is 3.47. The highest BCUT2D eigenvalue weighted by atomic mass is 35.5. The number of benzene rings is 3. The summed E-state index contributed by atoms with van der Waals surface area (Å²) in [6.45, 7) is 0.460. The standard InChI is InChI=1S/C26H19ClN4O2S/c27-18-9-5-16(6-10-18)15-33-19-11-7-17(8-12-19)20-13-24(32)30-25-21(20)14-28-31(25)26-29-22-3-1-2-4-23(22)34-26/h1-12,14,20H,13,15H2,(H,30,32). The molecule has 0 saturated carbocycles. The number of hydrogen-bond donors (Lipinski definition) is 1. The Balaban J connectivity index is 1.25. The summed E-state index contributed by atoms with van der Waals surface area (Å²) in [6, 6.07) is 23.5. The van der Waals surface area contributed by atoms with E-state index in [1.54, 1.807) is 16.0 Å². The second-order valence-corrected chi connectivity index (χ2v) is 9.56. The first-order valence-corrected chi connectivity index (χ1v) is 12.0. The number of carbonyl (C=O) groups excluding carboxylic acids is 1. The Kier molecular flexibility index (Phi) is 5.28. The van der Waals surface area contributed by atoms with Gasteiger partial charge < -0.3 is 10.1 Å². The van der Waals surface area contributed by atoms with Gasteiger partial charge in [0.05, 0.1) is 16.4 Å². The fourth-order valence-corrected chi connectivity index (χ4v) is 5.21. The van der Waals surface area contributed by atoms with Gasteiger partial charge in [0, 0.05) is 22.9 Å². The first-order valence-electron chi connectivity index (χ1n) is 10.8. The molecule has 168 valence electrons. The van der Waals surface area contributed by atoms with Gasteiger partial charge in [0.1, 0.15) is 18.2 Å². The van der Waals surface area contributed by atoms with Gasteiger partial charge in [-0.1, -0.05) is 59.3 Å². The van der Waals surface area contributed by atoms with Crippen LogP contribution in [0.5, 0.6) is 5.75 Å². The van der Waals surface area contributed by atoms with Crippen molar-refractivity contribution in [3.05, 3.63) is 101 Å². The molecular formula is C26H19ClN4O2S. The van der Waals surface area contributed by atoms with Crippen molar-refractivity contribution in [2.75, 3.05) is 5.32 Å². The number of fused-ring (bicyclic) bond motifs is 2. The summed E-state index contributed by atoms with van der Waals surface area (Å²) in [6.07, 6.45) is 2.19. The molecule has 1 amide bonds. The van der Waals surface area contributed by atoms with Gasteiger partial charge in [0.2, 0.25) is 11.0 Å². The molecule has 1 unspecified atom stereocenters. The average molecular weight is 487 g/mol. The van der Waals surface area contributed by atoms with Gasteiger partial charge in [-0.05, 0) is 47.5 Å². The van der Waals surface area contributed by atoms with Crippen molar-refractivity contribution >= 4 is 44.9 Å². The topological polar surface area (TPSA) is 69.0 Å². The summed E-state index contributed by atoms with van der Waals surface area (Å²) in [5, 5.41) is 9.01. The zero-order chi connectivity index (χ0) is 23.1. The van der Waals surface area contributed by atoms with E-state index in [1.165, 1.54) is 0 Å². The lowest BCUT2D eigenvalue weighted by atomic mass is 9.87. The smallest absolute Gasteiger partial charge is 0.226 e. The summed E-state index contributed by atoms with van der Waals surface area (Å²) < 4.78 is 8.72. The number of nitrogens with one attached hydrogen (secondary N) is 1. The highest BCUT2D eigenvalue weighted by Crippen LogP contribution is 2.39. The molecule has 6 nitrogen and oxygen atoms in total. The molecular weight excluding hydrogens is 468 g/mol. The number of nitrogens with zero attached hydrogens (tertiary/aromatic N) is 3. The van der Waals surface area contributed by atoms with Crippen LogP contribution in [0.25, 0.3) is 15.3 Å². The summed E-state index contributed by atoms with van der Waals surface area (Å²) in [5.74, 6) is 1.33. The molecule has 1 atom stereocenters. The van der Waals surface area contributed by atoms with Crippen LogP contribution in [0.3, 0.4) is 0 Å². The molecule has 2 aromatic heterocycles. The molecule has 8 heteroatoms. The number of amides is 1. The molecule has 3 aromatic carbocycles. The highest BCUT2D eigenvalue weighted by molar-refractivity contribution is 7.20. The monoisotopic (exact) mass is 486 g/mol. The van der Waals surface area contributed by atoms with Crippen molar-refractivity contribution in [1.82, 2.24) is 14.8 Å². The Bertz CT molecular complexity index is 1460. The second kappa shape index (κ2) is 8.59. The number of carbonyl (C=O) groups is 1. The molecule has 1 N–H and O–H groups in total. The van der Waals surface area contributed by atoms with Crippen molar-refractivity contribution in [3.8, 4) is 10.9 Å². The van der Waals surface area contributed by atoms with Gasteiger partial charge >= 0.3 is 0 Å². The SMILES string of the molecule is O=C1CC(c2ccc(OCc3ccc(Cl)cc3)cc2)c2cnn(-c3nc4ccccc4s3)c2N1. The maximum absolute atomic E-state index is 12.6. The van der Waals surface area contributed by atoms with Gasteiger partial charge in [-0.2, -0.15) is 9.78 Å². The molecule has 0 aliphatic carbocycles. The first-order chi connectivity index (χ1) is 16.6. The van der Waals surface area contributed by atoms with Crippen LogP contribution in [0.1, 0.15) is 29.0 Å². The summed E-state index contributed by atoms with van der Waals surface area (Å²) in [4.78, 5) is 17.3. The lowest BCUT2D eigenvalue weighted by molar-refractivity contribution is -0.116. The van der Waals surface area contributed by atoms with Crippen LogP contribution in [0, 0.1) is 0 Å². The Morgan fingerprint density at radius 2 is 1.85 bits per heavy atom. The Morgan fingerprint density at radius 1 is 1.06 bits per heavy atom. The van der Waals surface area contributed by atoms with Crippen LogP contribution in [0.2, 0.25) is 5.02 Å². The van der Waals surface area contributed by atoms with E-state index in [0.29, 0.717) is 23.9 Å². The predicted molar refractivity (Wildman–Crippen MR) is 134 cm³/mol.